The first-order valence-corrected chi connectivity index (χ1v) is 14.4. The fourth-order valence-corrected chi connectivity index (χ4v) is 4.62. The molecule has 4 aromatic carbocycles. The molecule has 0 aromatic heterocycles. The lowest BCUT2D eigenvalue weighted by molar-refractivity contribution is -0.462. The van der Waals surface area contributed by atoms with Crippen LogP contribution in [-0.4, -0.2) is 38.6 Å². The summed E-state index contributed by atoms with van der Waals surface area (Å²) in [6, 6.07) is 31.2. The van der Waals surface area contributed by atoms with Crippen molar-refractivity contribution >= 4 is 0 Å². The highest BCUT2D eigenvalue weighted by Gasteiger charge is 2.10. The SMILES string of the molecule is C=C(CO)COOOc1cccc(-c2ccc(-c3ccc(-c4cccc(OCCOC)c4)cc3)c(CCCCC)c2)c1. The van der Waals surface area contributed by atoms with Crippen molar-refractivity contribution in [3.8, 4) is 44.9 Å². The molecule has 0 unspecified atom stereocenters. The summed E-state index contributed by atoms with van der Waals surface area (Å²) in [6.45, 7) is 6.84. The predicted molar refractivity (Wildman–Crippen MR) is 167 cm³/mol. The summed E-state index contributed by atoms with van der Waals surface area (Å²) >= 11 is 0. The van der Waals surface area contributed by atoms with Crippen LogP contribution in [0.4, 0.5) is 0 Å². The molecule has 6 heteroatoms. The van der Waals surface area contributed by atoms with Gasteiger partial charge in [-0.15, -0.1) is 0 Å². The minimum absolute atomic E-state index is 0.0510. The first-order valence-electron chi connectivity index (χ1n) is 14.4. The van der Waals surface area contributed by atoms with Crippen molar-refractivity contribution in [2.75, 3.05) is 33.5 Å². The average molecular weight is 569 g/mol. The van der Waals surface area contributed by atoms with Gasteiger partial charge in [0, 0.05) is 7.11 Å². The van der Waals surface area contributed by atoms with Gasteiger partial charge in [-0.05, 0) is 86.7 Å². The van der Waals surface area contributed by atoms with E-state index in [2.05, 4.69) is 68.1 Å². The second kappa shape index (κ2) is 16.5. The maximum Gasteiger partial charge on any atom is 0.169 e. The van der Waals surface area contributed by atoms with E-state index in [0.29, 0.717) is 24.5 Å². The number of ether oxygens (including phenoxy) is 2. The summed E-state index contributed by atoms with van der Waals surface area (Å²) in [5.41, 5.74) is 8.62. The number of aliphatic hydroxyl groups excluding tert-OH is 1. The molecule has 0 atom stereocenters. The largest absolute Gasteiger partial charge is 0.491 e. The number of aliphatic hydroxyl groups is 1. The summed E-state index contributed by atoms with van der Waals surface area (Å²) in [7, 11) is 1.67. The number of benzene rings is 4. The van der Waals surface area contributed by atoms with Crippen LogP contribution >= 0.6 is 0 Å². The minimum atomic E-state index is -0.168. The van der Waals surface area contributed by atoms with Crippen LogP contribution in [0.5, 0.6) is 11.5 Å². The van der Waals surface area contributed by atoms with E-state index in [0.717, 1.165) is 40.8 Å². The molecular formula is C36H40O6. The standard InChI is InChI=1S/C36H40O6/c1-4-5-6-9-33-22-32(31-11-8-13-35(24-31)41-42-40-26-27(2)25-37)18-19-36(33)29-16-14-28(15-17-29)30-10-7-12-34(23-30)39-21-20-38-3/h7-8,10-19,22-24,37H,2,4-6,9,20-21,25-26H2,1,3H3. The Morgan fingerprint density at radius 1 is 0.738 bits per heavy atom. The quantitative estimate of drug-likeness (QED) is 0.0599. The molecule has 0 radical (unpaired) electrons. The van der Waals surface area contributed by atoms with Crippen molar-refractivity contribution in [1.29, 1.82) is 0 Å². The van der Waals surface area contributed by atoms with Gasteiger partial charge in [-0.25, -0.2) is 0 Å². The summed E-state index contributed by atoms with van der Waals surface area (Å²) in [6.07, 6.45) is 4.50. The molecule has 1 N–H and O–H groups in total. The fourth-order valence-electron chi connectivity index (χ4n) is 4.62. The highest BCUT2D eigenvalue weighted by atomic mass is 17.5. The first kappa shape index (κ1) is 31.0. The molecule has 0 heterocycles. The van der Waals surface area contributed by atoms with Crippen molar-refractivity contribution in [1.82, 2.24) is 0 Å². The normalized spacial score (nSPS) is 10.9. The van der Waals surface area contributed by atoms with Gasteiger partial charge in [-0.3, -0.25) is 0 Å². The molecule has 6 nitrogen and oxygen atoms in total. The highest BCUT2D eigenvalue weighted by molar-refractivity contribution is 5.76. The number of aryl methyl sites for hydroxylation is 1. The van der Waals surface area contributed by atoms with E-state index < -0.39 is 0 Å². The van der Waals surface area contributed by atoms with Crippen LogP contribution in [0.3, 0.4) is 0 Å². The van der Waals surface area contributed by atoms with E-state index in [9.17, 15) is 0 Å². The summed E-state index contributed by atoms with van der Waals surface area (Å²) in [4.78, 5) is 10.2. The van der Waals surface area contributed by atoms with E-state index in [1.54, 1.807) is 13.2 Å². The number of unbranched alkanes of at least 4 members (excludes halogenated alkanes) is 2. The molecule has 0 bridgehead atoms. The number of hydrogen-bond donors (Lipinski definition) is 1. The third-order valence-corrected chi connectivity index (χ3v) is 6.91. The van der Waals surface area contributed by atoms with Gasteiger partial charge in [0.1, 0.15) is 19.0 Å². The van der Waals surface area contributed by atoms with Crippen LogP contribution in [0.25, 0.3) is 33.4 Å². The molecule has 0 saturated carbocycles. The van der Waals surface area contributed by atoms with Gasteiger partial charge < -0.3 is 19.5 Å². The van der Waals surface area contributed by atoms with Crippen molar-refractivity contribution in [3.05, 3.63) is 109 Å². The Balaban J connectivity index is 1.53. The molecule has 4 aromatic rings. The van der Waals surface area contributed by atoms with Gasteiger partial charge in [0.2, 0.25) is 0 Å². The van der Waals surface area contributed by atoms with E-state index in [4.69, 9.17) is 29.4 Å². The van der Waals surface area contributed by atoms with E-state index in [1.165, 1.54) is 29.5 Å². The monoisotopic (exact) mass is 568 g/mol. The van der Waals surface area contributed by atoms with Crippen LogP contribution in [0, 0.1) is 0 Å². The van der Waals surface area contributed by atoms with Crippen molar-refractivity contribution in [3.63, 3.8) is 0 Å². The van der Waals surface area contributed by atoms with Gasteiger partial charge >= 0.3 is 0 Å². The molecule has 220 valence electrons. The van der Waals surface area contributed by atoms with E-state index in [-0.39, 0.29) is 13.2 Å². The van der Waals surface area contributed by atoms with Crippen LogP contribution in [0.1, 0.15) is 31.7 Å². The van der Waals surface area contributed by atoms with Gasteiger partial charge in [0.15, 0.2) is 5.75 Å². The molecule has 0 aliphatic heterocycles. The molecule has 4 rings (SSSR count). The Morgan fingerprint density at radius 3 is 2.14 bits per heavy atom. The third kappa shape index (κ3) is 9.03. The summed E-state index contributed by atoms with van der Waals surface area (Å²) in [5, 5.41) is 13.8. The Kier molecular flexibility index (Phi) is 12.2. The first-order chi connectivity index (χ1) is 20.6. The summed E-state index contributed by atoms with van der Waals surface area (Å²) < 4.78 is 10.9. The molecule has 0 saturated heterocycles. The second-order valence-corrected chi connectivity index (χ2v) is 10.1. The van der Waals surface area contributed by atoms with Gasteiger partial charge in [0.25, 0.3) is 0 Å². The lowest BCUT2D eigenvalue weighted by atomic mass is 9.91. The van der Waals surface area contributed by atoms with Crippen LogP contribution < -0.4 is 9.62 Å². The van der Waals surface area contributed by atoms with E-state index >= 15 is 0 Å². The fraction of sp³-hybridized carbons (Fsp3) is 0.278. The zero-order chi connectivity index (χ0) is 29.6. The third-order valence-electron chi connectivity index (χ3n) is 6.91. The lowest BCUT2D eigenvalue weighted by Gasteiger charge is -2.14. The van der Waals surface area contributed by atoms with Gasteiger partial charge in [-0.2, -0.15) is 4.89 Å². The number of rotatable bonds is 17. The number of methoxy groups -OCH3 is 1. The van der Waals surface area contributed by atoms with Crippen LogP contribution in [0.15, 0.2) is 103 Å². The molecule has 0 spiro atoms. The van der Waals surface area contributed by atoms with Crippen molar-refractivity contribution in [2.45, 2.75) is 32.6 Å². The topological polar surface area (TPSA) is 66.4 Å². The zero-order valence-electron chi connectivity index (χ0n) is 24.5. The molecule has 42 heavy (non-hydrogen) atoms. The minimum Gasteiger partial charge on any atom is -0.491 e. The Bertz CT molecular complexity index is 1410. The Hall–Kier alpha value is -3.94. The lowest BCUT2D eigenvalue weighted by Crippen LogP contribution is -2.04. The Morgan fingerprint density at radius 2 is 1.40 bits per heavy atom. The smallest absolute Gasteiger partial charge is 0.169 e. The second-order valence-electron chi connectivity index (χ2n) is 10.1. The Labute approximate surface area is 249 Å². The maximum atomic E-state index is 9.01. The molecule has 0 fully saturated rings. The predicted octanol–water partition coefficient (Wildman–Crippen LogP) is 8.24. The summed E-state index contributed by atoms with van der Waals surface area (Å²) in [5.74, 6) is 1.35. The van der Waals surface area contributed by atoms with Gasteiger partial charge in [0.05, 0.1) is 13.2 Å². The van der Waals surface area contributed by atoms with Crippen molar-refractivity contribution < 1.29 is 29.4 Å². The molecule has 0 aliphatic carbocycles. The van der Waals surface area contributed by atoms with Crippen LogP contribution in [-0.2, 0) is 21.1 Å². The maximum absolute atomic E-state index is 9.01. The van der Waals surface area contributed by atoms with Crippen molar-refractivity contribution in [2.24, 2.45) is 0 Å². The van der Waals surface area contributed by atoms with Gasteiger partial charge in [-0.1, -0.05) is 93.1 Å². The molecule has 0 aliphatic rings. The number of hydrogen-bond acceptors (Lipinski definition) is 6. The molecular weight excluding hydrogens is 528 g/mol. The highest BCUT2D eigenvalue weighted by Crippen LogP contribution is 2.33. The van der Waals surface area contributed by atoms with E-state index in [1.807, 2.05) is 30.3 Å². The zero-order valence-corrected chi connectivity index (χ0v) is 24.5. The van der Waals surface area contributed by atoms with Crippen LogP contribution in [0.2, 0.25) is 0 Å². The average Bonchev–Trinajstić information content (AvgIpc) is 3.03. The molecule has 0 amide bonds.